The van der Waals surface area contributed by atoms with Gasteiger partial charge in [0, 0.05) is 25.6 Å². The average molecular weight is 287 g/mol. The predicted molar refractivity (Wildman–Crippen MR) is 73.6 cm³/mol. The van der Waals surface area contributed by atoms with E-state index < -0.39 is 5.60 Å². The molecule has 0 aliphatic heterocycles. The molecule has 7 heteroatoms. The molecular weight excluding hydrogens is 268 g/mol. The summed E-state index contributed by atoms with van der Waals surface area (Å²) in [4.78, 5) is 20.8. The topological polar surface area (TPSA) is 81.3 Å². The number of nitrogens with two attached hydrogens (primary N) is 1. The van der Waals surface area contributed by atoms with E-state index in [1.165, 1.54) is 13.3 Å². The molecule has 19 heavy (non-hydrogen) atoms. The Bertz CT molecular complexity index is 445. The summed E-state index contributed by atoms with van der Waals surface area (Å²) in [7, 11) is 1.88. The van der Waals surface area contributed by atoms with Crippen LogP contribution in [-0.2, 0) is 16.1 Å². The Morgan fingerprint density at radius 3 is 2.68 bits per heavy atom. The first-order valence-electron chi connectivity index (χ1n) is 5.84. The maximum atomic E-state index is 11.0. The molecule has 106 valence electrons. The van der Waals surface area contributed by atoms with E-state index >= 15 is 0 Å². The molecule has 1 aromatic heterocycles. The fraction of sp³-hybridized carbons (Fsp3) is 0.583. The molecule has 1 heterocycles. The number of carbonyl (C=O) groups excluding carboxylic acids is 1. The third-order valence-electron chi connectivity index (χ3n) is 2.42. The van der Waals surface area contributed by atoms with Gasteiger partial charge in [-0.1, -0.05) is 11.6 Å². The van der Waals surface area contributed by atoms with Crippen molar-refractivity contribution in [3.63, 3.8) is 0 Å². The second-order valence-electron chi connectivity index (χ2n) is 5.05. The first-order valence-corrected chi connectivity index (χ1v) is 6.22. The second-order valence-corrected chi connectivity index (χ2v) is 5.41. The second kappa shape index (κ2) is 6.16. The summed E-state index contributed by atoms with van der Waals surface area (Å²) in [5.74, 6) is 0.0520. The van der Waals surface area contributed by atoms with Gasteiger partial charge in [0.2, 0.25) is 0 Å². The number of anilines is 1. The molecule has 0 amide bonds. The number of esters is 1. The minimum absolute atomic E-state index is 0.306. The van der Waals surface area contributed by atoms with Crippen LogP contribution in [0.1, 0.15) is 26.3 Å². The van der Waals surface area contributed by atoms with Gasteiger partial charge in [0.15, 0.2) is 0 Å². The van der Waals surface area contributed by atoms with E-state index in [9.17, 15) is 4.79 Å². The molecule has 0 unspecified atom stereocenters. The Balaban J connectivity index is 2.70. The largest absolute Gasteiger partial charge is 0.458 e. The molecule has 1 aromatic rings. The van der Waals surface area contributed by atoms with E-state index in [-0.39, 0.29) is 5.97 Å². The highest BCUT2D eigenvalue weighted by molar-refractivity contribution is 6.30. The van der Waals surface area contributed by atoms with Gasteiger partial charge in [-0.3, -0.25) is 9.69 Å². The van der Waals surface area contributed by atoms with Crippen molar-refractivity contribution in [3.8, 4) is 0 Å². The summed E-state index contributed by atoms with van der Waals surface area (Å²) in [6, 6.07) is 0. The van der Waals surface area contributed by atoms with Crippen LogP contribution in [0.5, 0.6) is 0 Å². The fourth-order valence-electron chi connectivity index (χ4n) is 1.95. The van der Waals surface area contributed by atoms with Crippen molar-refractivity contribution < 1.29 is 9.53 Å². The van der Waals surface area contributed by atoms with E-state index in [0.29, 0.717) is 29.6 Å². The fourth-order valence-corrected chi connectivity index (χ4v) is 2.15. The summed E-state index contributed by atoms with van der Waals surface area (Å²) in [6.07, 6.45) is 1.32. The van der Waals surface area contributed by atoms with E-state index in [0.717, 1.165) is 0 Å². The van der Waals surface area contributed by atoms with E-state index in [1.54, 1.807) is 0 Å². The van der Waals surface area contributed by atoms with Crippen LogP contribution in [0.4, 0.5) is 5.82 Å². The van der Waals surface area contributed by atoms with Gasteiger partial charge >= 0.3 is 5.97 Å². The quantitative estimate of drug-likeness (QED) is 0.652. The smallest absolute Gasteiger partial charge is 0.303 e. The Morgan fingerprint density at radius 1 is 1.53 bits per heavy atom. The van der Waals surface area contributed by atoms with Gasteiger partial charge in [-0.2, -0.15) is 0 Å². The Kier molecular flexibility index (Phi) is 5.08. The molecule has 0 atom stereocenters. The first kappa shape index (κ1) is 15.7. The summed E-state index contributed by atoms with van der Waals surface area (Å²) in [6.45, 7) is 6.10. The normalized spacial score (nSPS) is 11.7. The van der Waals surface area contributed by atoms with Crippen molar-refractivity contribution in [3.05, 3.63) is 17.0 Å². The van der Waals surface area contributed by atoms with Crippen LogP contribution in [-0.4, -0.2) is 40.0 Å². The molecule has 0 saturated carbocycles. The third kappa shape index (κ3) is 5.00. The molecule has 6 nitrogen and oxygen atoms in total. The van der Waals surface area contributed by atoms with Crippen molar-refractivity contribution in [2.75, 3.05) is 19.3 Å². The highest BCUT2D eigenvalue weighted by Gasteiger charge is 2.24. The first-order chi connectivity index (χ1) is 8.71. The van der Waals surface area contributed by atoms with Crippen LogP contribution in [0, 0.1) is 0 Å². The predicted octanol–water partition coefficient (Wildman–Crippen LogP) is 1.49. The minimum atomic E-state index is -0.586. The van der Waals surface area contributed by atoms with Gasteiger partial charge in [-0.05, 0) is 20.9 Å². The van der Waals surface area contributed by atoms with Crippen molar-refractivity contribution in [1.29, 1.82) is 0 Å². The summed E-state index contributed by atoms with van der Waals surface area (Å²) < 4.78 is 5.23. The zero-order chi connectivity index (χ0) is 14.6. The number of nitrogens with zero attached hydrogens (tertiary/aromatic N) is 3. The summed E-state index contributed by atoms with van der Waals surface area (Å²) in [5, 5.41) is 0.338. The standard InChI is InChI=1S/C12H19ClN4O2/c1-8(18)19-12(2,3)6-17(4)5-9-10(13)15-7-16-11(9)14/h7H,5-6H2,1-4H3,(H2,14,15,16). The minimum Gasteiger partial charge on any atom is -0.458 e. The molecule has 0 aliphatic rings. The van der Waals surface area contributed by atoms with Gasteiger partial charge in [0.25, 0.3) is 0 Å². The van der Waals surface area contributed by atoms with Crippen molar-refractivity contribution >= 4 is 23.4 Å². The Labute approximate surface area is 117 Å². The van der Waals surface area contributed by atoms with Crippen LogP contribution in [0.25, 0.3) is 0 Å². The zero-order valence-electron chi connectivity index (χ0n) is 11.6. The number of ether oxygens (including phenoxy) is 1. The number of likely N-dealkylation sites (N-methyl/N-ethyl adjacent to an activating group) is 1. The number of halogens is 1. The number of aromatic nitrogens is 2. The lowest BCUT2D eigenvalue weighted by Crippen LogP contribution is -2.39. The van der Waals surface area contributed by atoms with Crippen LogP contribution in [0.15, 0.2) is 6.33 Å². The summed E-state index contributed by atoms with van der Waals surface area (Å²) >= 11 is 5.99. The van der Waals surface area contributed by atoms with Crippen LogP contribution in [0.3, 0.4) is 0 Å². The van der Waals surface area contributed by atoms with Gasteiger partial charge in [0.1, 0.15) is 22.9 Å². The van der Waals surface area contributed by atoms with E-state index in [4.69, 9.17) is 22.1 Å². The van der Waals surface area contributed by atoms with Crippen LogP contribution in [0.2, 0.25) is 5.15 Å². The van der Waals surface area contributed by atoms with Crippen LogP contribution >= 0.6 is 11.6 Å². The third-order valence-corrected chi connectivity index (χ3v) is 2.75. The number of rotatable bonds is 5. The van der Waals surface area contributed by atoms with E-state index in [1.807, 2.05) is 25.8 Å². The van der Waals surface area contributed by atoms with Gasteiger partial charge in [0.05, 0.1) is 0 Å². The Hall–Kier alpha value is -1.40. The van der Waals surface area contributed by atoms with E-state index in [2.05, 4.69) is 9.97 Å². The van der Waals surface area contributed by atoms with Gasteiger partial charge in [-0.25, -0.2) is 9.97 Å². The molecular formula is C12H19ClN4O2. The monoisotopic (exact) mass is 286 g/mol. The lowest BCUT2D eigenvalue weighted by atomic mass is 10.1. The SMILES string of the molecule is CC(=O)OC(C)(C)CN(C)Cc1c(N)ncnc1Cl. The zero-order valence-corrected chi connectivity index (χ0v) is 12.4. The number of hydrogen-bond acceptors (Lipinski definition) is 6. The maximum Gasteiger partial charge on any atom is 0.303 e. The molecule has 1 rings (SSSR count). The lowest BCUT2D eigenvalue weighted by molar-refractivity contribution is -0.155. The maximum absolute atomic E-state index is 11.0. The summed E-state index contributed by atoms with van der Waals surface area (Å²) in [5.41, 5.74) is 5.85. The lowest BCUT2D eigenvalue weighted by Gasteiger charge is -2.30. The van der Waals surface area contributed by atoms with Gasteiger partial charge < -0.3 is 10.5 Å². The molecule has 0 aliphatic carbocycles. The van der Waals surface area contributed by atoms with Crippen molar-refractivity contribution in [2.24, 2.45) is 0 Å². The molecule has 0 spiro atoms. The molecule has 0 radical (unpaired) electrons. The highest BCUT2D eigenvalue weighted by atomic mass is 35.5. The molecule has 2 N–H and O–H groups in total. The van der Waals surface area contributed by atoms with Crippen molar-refractivity contribution in [2.45, 2.75) is 32.9 Å². The Morgan fingerprint density at radius 2 is 2.16 bits per heavy atom. The number of carbonyl (C=O) groups is 1. The average Bonchev–Trinajstić information content (AvgIpc) is 2.20. The molecule has 0 fully saturated rings. The molecule has 0 aromatic carbocycles. The van der Waals surface area contributed by atoms with Crippen molar-refractivity contribution in [1.82, 2.24) is 14.9 Å². The molecule has 0 bridgehead atoms. The van der Waals surface area contributed by atoms with Crippen LogP contribution < -0.4 is 5.73 Å². The van der Waals surface area contributed by atoms with Gasteiger partial charge in [-0.15, -0.1) is 0 Å². The number of hydrogen-bond donors (Lipinski definition) is 1. The molecule has 0 saturated heterocycles. The number of nitrogen functional groups attached to an aromatic ring is 1. The highest BCUT2D eigenvalue weighted by Crippen LogP contribution is 2.20.